The molecule has 7 heteroatoms. The Hall–Kier alpha value is -1.34. The Labute approximate surface area is 104 Å². The van der Waals surface area contributed by atoms with Crippen molar-refractivity contribution in [1.82, 2.24) is 10.9 Å². The van der Waals surface area contributed by atoms with Gasteiger partial charge in [-0.15, -0.1) is 10.0 Å². The summed E-state index contributed by atoms with van der Waals surface area (Å²) in [7, 11) is 1.45. The maximum atomic E-state index is 12.3. The number of hydrogen-bond acceptors (Lipinski definition) is 4. The van der Waals surface area contributed by atoms with Crippen molar-refractivity contribution in [3.8, 4) is 5.75 Å². The van der Waals surface area contributed by atoms with Crippen molar-refractivity contribution >= 4 is 18.9 Å². The van der Waals surface area contributed by atoms with Gasteiger partial charge < -0.3 is 10.4 Å². The molecule has 1 rings (SSSR count). The van der Waals surface area contributed by atoms with E-state index in [1.165, 1.54) is 24.7 Å². The molecule has 0 spiro atoms. The molecule has 96 valence electrons. The lowest BCUT2D eigenvalue weighted by molar-refractivity contribution is -0.123. The molecule has 0 saturated carbocycles. The van der Waals surface area contributed by atoms with Gasteiger partial charge in [0.05, 0.1) is 0 Å². The highest BCUT2D eigenvalue weighted by atomic mass is 32.1. The van der Waals surface area contributed by atoms with Crippen LogP contribution in [-0.4, -0.2) is 24.1 Å². The van der Waals surface area contributed by atoms with Gasteiger partial charge in [0.2, 0.25) is 5.91 Å². The summed E-state index contributed by atoms with van der Waals surface area (Å²) in [5.74, 6) is -0.269. The second-order valence-corrected chi connectivity index (χ2v) is 3.15. The molecule has 0 aromatic heterocycles. The van der Waals surface area contributed by atoms with Crippen molar-refractivity contribution in [2.75, 3.05) is 7.05 Å². The van der Waals surface area contributed by atoms with Gasteiger partial charge in [-0.3, -0.25) is 4.79 Å². The zero-order valence-electron chi connectivity index (χ0n) is 9.15. The Morgan fingerprint density at radius 1 is 1.41 bits per heavy atom. The molecule has 0 aliphatic rings. The molecule has 1 amide bonds. The van der Waals surface area contributed by atoms with E-state index in [-0.39, 0.29) is 12.2 Å². The van der Waals surface area contributed by atoms with E-state index >= 15 is 0 Å². The number of benzene rings is 1. The molecule has 0 heterocycles. The third-order valence-electron chi connectivity index (χ3n) is 2.07. The molecular weight excluding hydrogens is 250 g/mol. The van der Waals surface area contributed by atoms with Gasteiger partial charge in [0.15, 0.2) is 0 Å². The lowest BCUT2D eigenvalue weighted by Gasteiger charge is -2.11. The van der Waals surface area contributed by atoms with Crippen LogP contribution < -0.4 is 10.9 Å². The lowest BCUT2D eigenvalue weighted by Crippen LogP contribution is -2.40. The number of rotatable bonds is 4. The average Bonchev–Trinajstić information content (AvgIpc) is 2.39. The highest BCUT2D eigenvalue weighted by Gasteiger charge is 2.16. The minimum Gasteiger partial charge on any atom is -0.508 e. The van der Waals surface area contributed by atoms with Gasteiger partial charge in [-0.05, 0) is 24.1 Å². The highest BCUT2D eigenvalue weighted by molar-refractivity contribution is 7.74. The number of likely N-dealkylation sites (N-methyl/N-ethyl adjacent to an activating group) is 1. The predicted molar refractivity (Wildman–Crippen MR) is 64.0 cm³/mol. The zero-order valence-corrected chi connectivity index (χ0v) is 10.0. The van der Waals surface area contributed by atoms with Crippen LogP contribution in [0.15, 0.2) is 24.3 Å². The summed E-state index contributed by atoms with van der Waals surface area (Å²) in [6.45, 7) is 0. The van der Waals surface area contributed by atoms with Gasteiger partial charge >= 0.3 is 0 Å². The Morgan fingerprint density at radius 3 is 2.35 bits per heavy atom. The molecule has 4 nitrogen and oxygen atoms in total. The molecule has 0 aliphatic heterocycles. The van der Waals surface area contributed by atoms with E-state index < -0.39 is 11.9 Å². The Balaban J connectivity index is 0.00000121. The van der Waals surface area contributed by atoms with Crippen LogP contribution in [0.2, 0.25) is 0 Å². The summed E-state index contributed by atoms with van der Waals surface area (Å²) in [5.41, 5.74) is 2.21. The molecule has 0 aliphatic carbocycles. The molecule has 1 aromatic carbocycles. The summed E-state index contributed by atoms with van der Waals surface area (Å²) in [4.78, 5) is 11.2. The molecule has 0 radical (unpaired) electrons. The average molecular weight is 264 g/mol. The predicted octanol–water partition coefficient (Wildman–Crippen LogP) is 1.32. The molecule has 0 fully saturated rings. The monoisotopic (exact) mass is 264 g/mol. The standard InChI is InChI=1S/C10H13FN2O2.FHS/c1-12-10(15)9(13-11)6-7-2-4-8(14)5-3-7;1-2/h2-5,9,13-14H,6H2,1H3,(H,12,15);2H. The molecular formula is C10H14F2N2O2S. The van der Waals surface area contributed by atoms with Gasteiger partial charge in [-0.25, -0.2) is 0 Å². The van der Waals surface area contributed by atoms with Crippen LogP contribution in [0, 0.1) is 0 Å². The fourth-order valence-corrected chi connectivity index (χ4v) is 1.22. The number of thiol groups is 1. The van der Waals surface area contributed by atoms with E-state index in [2.05, 4.69) is 5.32 Å². The third-order valence-corrected chi connectivity index (χ3v) is 2.07. The zero-order chi connectivity index (χ0) is 13.3. The van der Waals surface area contributed by atoms with Crippen molar-refractivity contribution in [3.63, 3.8) is 0 Å². The SMILES string of the molecule is CNC(=O)C(Cc1ccc(O)cc1)NF.FS. The molecule has 1 aromatic rings. The van der Waals surface area contributed by atoms with Crippen LogP contribution in [-0.2, 0) is 11.2 Å². The number of hydrogen-bond donors (Lipinski definition) is 4. The van der Waals surface area contributed by atoms with Crippen molar-refractivity contribution in [2.45, 2.75) is 12.5 Å². The van der Waals surface area contributed by atoms with Crippen molar-refractivity contribution in [3.05, 3.63) is 29.8 Å². The van der Waals surface area contributed by atoms with Gasteiger partial charge in [0.25, 0.3) is 0 Å². The molecule has 1 atom stereocenters. The van der Waals surface area contributed by atoms with E-state index in [0.717, 1.165) is 5.56 Å². The van der Waals surface area contributed by atoms with Crippen molar-refractivity contribution in [2.24, 2.45) is 0 Å². The van der Waals surface area contributed by atoms with Gasteiger partial charge in [0.1, 0.15) is 11.8 Å². The molecule has 0 saturated heterocycles. The van der Waals surface area contributed by atoms with Crippen LogP contribution in [0.5, 0.6) is 5.75 Å². The first-order valence-electron chi connectivity index (χ1n) is 4.70. The number of nitrogens with one attached hydrogen (secondary N) is 2. The number of carbonyl (C=O) groups is 1. The quantitative estimate of drug-likeness (QED) is 0.490. The summed E-state index contributed by atoms with van der Waals surface area (Å²) in [5, 5.41) is 11.4. The number of aromatic hydroxyl groups is 1. The first-order valence-corrected chi connectivity index (χ1v) is 5.03. The van der Waals surface area contributed by atoms with Crippen LogP contribution in [0.4, 0.5) is 8.37 Å². The van der Waals surface area contributed by atoms with E-state index in [0.29, 0.717) is 0 Å². The highest BCUT2D eigenvalue weighted by Crippen LogP contribution is 2.11. The number of phenolic OH excluding ortho intramolecular Hbond substituents is 1. The van der Waals surface area contributed by atoms with Crippen molar-refractivity contribution < 1.29 is 18.3 Å². The number of phenols is 1. The fraction of sp³-hybridized carbons (Fsp3) is 0.300. The molecule has 3 N–H and O–H groups in total. The van der Waals surface area contributed by atoms with Gasteiger partial charge in [-0.2, -0.15) is 3.89 Å². The topological polar surface area (TPSA) is 61.4 Å². The second kappa shape index (κ2) is 8.77. The maximum Gasteiger partial charge on any atom is 0.239 e. The molecule has 1 unspecified atom stereocenters. The van der Waals surface area contributed by atoms with Crippen molar-refractivity contribution in [1.29, 1.82) is 0 Å². The minimum atomic E-state index is -0.903. The Morgan fingerprint density at radius 2 is 1.94 bits per heavy atom. The maximum absolute atomic E-state index is 12.3. The van der Waals surface area contributed by atoms with Crippen LogP contribution in [0.3, 0.4) is 0 Å². The van der Waals surface area contributed by atoms with Crippen LogP contribution in [0.25, 0.3) is 0 Å². The molecule has 0 bridgehead atoms. The smallest absolute Gasteiger partial charge is 0.239 e. The van der Waals surface area contributed by atoms with Crippen LogP contribution in [0.1, 0.15) is 5.56 Å². The Kier molecular flexibility index (Phi) is 8.08. The number of carbonyl (C=O) groups excluding carboxylic acids is 1. The number of amides is 1. The van der Waals surface area contributed by atoms with Gasteiger partial charge in [0, 0.05) is 20.1 Å². The summed E-state index contributed by atoms with van der Waals surface area (Å²) < 4.78 is 21.5. The van der Waals surface area contributed by atoms with E-state index in [1.54, 1.807) is 12.1 Å². The first-order chi connectivity index (χ1) is 8.17. The normalized spacial score (nSPS) is 11.1. The number of halogens is 2. The largest absolute Gasteiger partial charge is 0.508 e. The summed E-state index contributed by atoms with van der Waals surface area (Å²) in [6, 6.07) is 5.37. The Bertz CT molecular complexity index is 336. The minimum absolute atomic E-state index is 0.142. The first kappa shape index (κ1) is 15.7. The van der Waals surface area contributed by atoms with E-state index in [4.69, 9.17) is 5.11 Å². The second-order valence-electron chi connectivity index (χ2n) is 3.15. The van der Waals surface area contributed by atoms with E-state index in [9.17, 15) is 13.2 Å². The lowest BCUT2D eigenvalue weighted by atomic mass is 10.1. The fourth-order valence-electron chi connectivity index (χ4n) is 1.22. The third kappa shape index (κ3) is 5.50. The summed E-state index contributed by atoms with van der Waals surface area (Å²) in [6.07, 6.45) is 0.233. The molecule has 17 heavy (non-hydrogen) atoms. The van der Waals surface area contributed by atoms with Gasteiger partial charge in [-0.1, -0.05) is 12.1 Å². The van der Waals surface area contributed by atoms with E-state index in [1.807, 2.05) is 13.0 Å². The summed E-state index contributed by atoms with van der Waals surface area (Å²) >= 11 is 2.03. The van der Waals surface area contributed by atoms with Crippen LogP contribution >= 0.6 is 13.0 Å².